The fraction of sp³-hybridized carbons (Fsp3) is 0.120. The van der Waals surface area contributed by atoms with Crippen molar-refractivity contribution in [1.82, 2.24) is 0 Å². The lowest BCUT2D eigenvalue weighted by atomic mass is 9.74. The highest BCUT2D eigenvalue weighted by molar-refractivity contribution is 6.24. The van der Waals surface area contributed by atoms with E-state index < -0.39 is 0 Å². The summed E-state index contributed by atoms with van der Waals surface area (Å²) in [5.41, 5.74) is 17.9. The molecule has 242 valence electrons. The predicted octanol–water partition coefficient (Wildman–Crippen LogP) is 13.8. The molecule has 11 rings (SSSR count). The van der Waals surface area contributed by atoms with Gasteiger partial charge < -0.3 is 4.42 Å². The molecule has 0 saturated heterocycles. The van der Waals surface area contributed by atoms with Crippen LogP contribution in [-0.4, -0.2) is 0 Å². The van der Waals surface area contributed by atoms with Crippen LogP contribution in [0.4, 0.5) is 0 Å². The third kappa shape index (κ3) is 3.66. The summed E-state index contributed by atoms with van der Waals surface area (Å²) in [6.07, 6.45) is 0. The van der Waals surface area contributed by atoms with Crippen molar-refractivity contribution >= 4 is 43.5 Å². The Bertz CT molecular complexity index is 2910. The normalized spacial score (nSPS) is 15.0. The number of fused-ring (bicyclic) bond motifs is 12. The maximum atomic E-state index is 6.26. The molecule has 2 aliphatic rings. The van der Waals surface area contributed by atoms with E-state index in [9.17, 15) is 0 Å². The summed E-state index contributed by atoms with van der Waals surface area (Å²) in [5, 5.41) is 7.39. The third-order valence-electron chi connectivity index (χ3n) is 12.2. The minimum atomic E-state index is -0.159. The second-order valence-corrected chi connectivity index (χ2v) is 15.6. The van der Waals surface area contributed by atoms with Gasteiger partial charge in [0.15, 0.2) is 0 Å². The van der Waals surface area contributed by atoms with Gasteiger partial charge >= 0.3 is 0 Å². The van der Waals surface area contributed by atoms with Crippen LogP contribution in [0.2, 0.25) is 0 Å². The molecule has 9 aromatic rings. The van der Waals surface area contributed by atoms with Crippen LogP contribution in [0.3, 0.4) is 0 Å². The van der Waals surface area contributed by atoms with Crippen LogP contribution < -0.4 is 0 Å². The smallest absolute Gasteiger partial charge is 0.135 e. The van der Waals surface area contributed by atoms with Gasteiger partial charge in [0, 0.05) is 21.6 Å². The van der Waals surface area contributed by atoms with Gasteiger partial charge in [0.05, 0.1) is 0 Å². The zero-order chi connectivity index (χ0) is 34.2. The first kappa shape index (κ1) is 28.9. The zero-order valence-electron chi connectivity index (χ0n) is 29.3. The molecular formula is C50H36O. The van der Waals surface area contributed by atoms with Crippen molar-refractivity contribution in [2.24, 2.45) is 0 Å². The first-order valence-corrected chi connectivity index (χ1v) is 18.1. The van der Waals surface area contributed by atoms with Crippen LogP contribution in [0.5, 0.6) is 0 Å². The van der Waals surface area contributed by atoms with Crippen molar-refractivity contribution in [3.63, 3.8) is 0 Å². The topological polar surface area (TPSA) is 13.1 Å². The number of hydrogen-bond donors (Lipinski definition) is 0. The van der Waals surface area contributed by atoms with E-state index in [2.05, 4.69) is 167 Å². The van der Waals surface area contributed by atoms with Crippen molar-refractivity contribution in [2.75, 3.05) is 0 Å². The fourth-order valence-electron chi connectivity index (χ4n) is 9.94. The molecule has 0 unspecified atom stereocenters. The van der Waals surface area contributed by atoms with Crippen molar-refractivity contribution < 1.29 is 4.42 Å². The largest absolute Gasteiger partial charge is 0.456 e. The van der Waals surface area contributed by atoms with Gasteiger partial charge in [0.25, 0.3) is 0 Å². The number of para-hydroxylation sites is 1. The van der Waals surface area contributed by atoms with E-state index in [1.165, 1.54) is 88.3 Å². The van der Waals surface area contributed by atoms with Gasteiger partial charge in [-0.3, -0.25) is 0 Å². The molecule has 0 atom stereocenters. The molecule has 1 heterocycles. The highest BCUT2D eigenvalue weighted by Crippen LogP contribution is 2.62. The van der Waals surface area contributed by atoms with Crippen LogP contribution in [0, 0.1) is 0 Å². The highest BCUT2D eigenvalue weighted by atomic mass is 16.3. The molecule has 8 aromatic carbocycles. The van der Waals surface area contributed by atoms with Gasteiger partial charge in [0.2, 0.25) is 0 Å². The van der Waals surface area contributed by atoms with Gasteiger partial charge in [0.1, 0.15) is 11.2 Å². The molecule has 0 fully saturated rings. The van der Waals surface area contributed by atoms with E-state index in [0.717, 1.165) is 21.9 Å². The monoisotopic (exact) mass is 652 g/mol. The molecule has 51 heavy (non-hydrogen) atoms. The maximum Gasteiger partial charge on any atom is 0.135 e. The lowest BCUT2D eigenvalue weighted by Gasteiger charge is -2.28. The first-order chi connectivity index (χ1) is 24.8. The fourth-order valence-corrected chi connectivity index (χ4v) is 9.94. The summed E-state index contributed by atoms with van der Waals surface area (Å²) >= 11 is 0. The van der Waals surface area contributed by atoms with E-state index in [1.807, 2.05) is 6.07 Å². The Morgan fingerprint density at radius 3 is 1.53 bits per heavy atom. The Balaban J connectivity index is 1.30. The van der Waals surface area contributed by atoms with Gasteiger partial charge in [-0.05, 0) is 113 Å². The van der Waals surface area contributed by atoms with Gasteiger partial charge in [-0.15, -0.1) is 0 Å². The third-order valence-corrected chi connectivity index (χ3v) is 12.2. The number of hydrogen-bond acceptors (Lipinski definition) is 1. The molecule has 1 aromatic heterocycles. The summed E-state index contributed by atoms with van der Waals surface area (Å²) < 4.78 is 6.26. The van der Waals surface area contributed by atoms with Gasteiger partial charge in [-0.2, -0.15) is 0 Å². The molecule has 0 aliphatic heterocycles. The Morgan fingerprint density at radius 1 is 0.353 bits per heavy atom. The van der Waals surface area contributed by atoms with Crippen LogP contribution in [0.25, 0.3) is 88.0 Å². The number of furan rings is 1. The van der Waals surface area contributed by atoms with Gasteiger partial charge in [-0.1, -0.05) is 149 Å². The molecular weight excluding hydrogens is 617 g/mol. The summed E-state index contributed by atoms with van der Waals surface area (Å²) in [6.45, 7) is 9.70. The molecule has 1 nitrogen and oxygen atoms in total. The van der Waals surface area contributed by atoms with E-state index in [0.29, 0.717) is 0 Å². The molecule has 0 saturated carbocycles. The van der Waals surface area contributed by atoms with Crippen molar-refractivity contribution in [2.45, 2.75) is 38.5 Å². The first-order valence-electron chi connectivity index (χ1n) is 18.1. The SMILES string of the molecule is CC1(C)c2ccccc2-c2c1cc(-c1c3ccccc3c(-c3ccc4oc5ccccc5c4c3)c3ccccc13)c1c2C(C)(C)c2ccccc2-1. The maximum absolute atomic E-state index is 6.26. The number of rotatable bonds is 2. The van der Waals surface area contributed by atoms with Crippen LogP contribution in [0.15, 0.2) is 150 Å². The second-order valence-electron chi connectivity index (χ2n) is 15.6. The molecule has 0 N–H and O–H groups in total. The Labute approximate surface area is 297 Å². The van der Waals surface area contributed by atoms with Crippen molar-refractivity contribution in [3.8, 4) is 44.5 Å². The van der Waals surface area contributed by atoms with E-state index in [1.54, 1.807) is 0 Å². The summed E-state index contributed by atoms with van der Waals surface area (Å²) in [5.74, 6) is 0. The summed E-state index contributed by atoms with van der Waals surface area (Å²) in [4.78, 5) is 0. The van der Waals surface area contributed by atoms with Crippen LogP contribution in [0.1, 0.15) is 49.9 Å². The minimum Gasteiger partial charge on any atom is -0.456 e. The zero-order valence-corrected chi connectivity index (χ0v) is 29.3. The van der Waals surface area contributed by atoms with Gasteiger partial charge in [-0.25, -0.2) is 0 Å². The van der Waals surface area contributed by atoms with Crippen LogP contribution in [-0.2, 0) is 10.8 Å². The molecule has 0 amide bonds. The molecule has 0 spiro atoms. The standard InChI is InChI=1S/C50H36O/c1-49(2)39-22-12-10-21-36(39)47-41(49)28-38(46-35-20-9-13-23-40(35)50(3,4)48(46)47)45-33-18-7-5-16-31(33)44(32-17-6-8-19-34(32)45)29-25-26-43-37(27-29)30-15-11-14-24-42(30)51-43/h5-28H,1-4H3. The predicted molar refractivity (Wildman–Crippen MR) is 215 cm³/mol. The second kappa shape index (κ2) is 9.86. The lowest BCUT2D eigenvalue weighted by molar-refractivity contribution is 0.648. The highest BCUT2D eigenvalue weighted by Gasteiger charge is 2.46. The van der Waals surface area contributed by atoms with E-state index in [4.69, 9.17) is 4.42 Å². The van der Waals surface area contributed by atoms with Crippen molar-refractivity contribution in [1.29, 1.82) is 0 Å². The molecule has 1 heteroatoms. The lowest BCUT2D eigenvalue weighted by Crippen LogP contribution is -2.18. The van der Waals surface area contributed by atoms with Crippen molar-refractivity contribution in [3.05, 3.63) is 168 Å². The average Bonchev–Trinajstić information content (AvgIpc) is 3.73. The Morgan fingerprint density at radius 2 is 0.863 bits per heavy atom. The molecule has 0 bridgehead atoms. The van der Waals surface area contributed by atoms with E-state index >= 15 is 0 Å². The minimum absolute atomic E-state index is 0.130. The summed E-state index contributed by atoms with van der Waals surface area (Å²) in [6, 6.07) is 54.1. The Kier molecular flexibility index (Phi) is 5.58. The quantitative estimate of drug-likeness (QED) is 0.169. The number of benzene rings is 8. The summed E-state index contributed by atoms with van der Waals surface area (Å²) in [7, 11) is 0. The van der Waals surface area contributed by atoms with Crippen LogP contribution >= 0.6 is 0 Å². The van der Waals surface area contributed by atoms with E-state index in [-0.39, 0.29) is 10.8 Å². The molecule has 2 aliphatic carbocycles. The average molecular weight is 653 g/mol. The Hall–Kier alpha value is -5.92. The molecule has 0 radical (unpaired) electrons.